The summed E-state index contributed by atoms with van der Waals surface area (Å²) in [6, 6.07) is 0. The van der Waals surface area contributed by atoms with E-state index in [1.807, 2.05) is 0 Å². The van der Waals surface area contributed by atoms with Crippen molar-refractivity contribution in [3.63, 3.8) is 0 Å². The summed E-state index contributed by atoms with van der Waals surface area (Å²) in [6.45, 7) is 3.40. The molecule has 0 amide bonds. The molecule has 0 aromatic rings. The first-order valence-electron chi connectivity index (χ1n) is 3.74. The molecule has 1 rings (SSSR count). The topological polar surface area (TPSA) is 75.7 Å². The predicted octanol–water partition coefficient (Wildman–Crippen LogP) is -0.808. The molecule has 4 nitrogen and oxygen atoms in total. The standard InChI is InChI=1S/C7H15NO3/c1-4-6(10)7(2,8)3-5(9)11-4/h4-6,9-10H,3,8H2,1-2H3/t4-,5-,6-,7-/m0/s1. The van der Waals surface area contributed by atoms with Gasteiger partial charge in [-0.2, -0.15) is 0 Å². The highest BCUT2D eigenvalue weighted by Gasteiger charge is 2.40. The van der Waals surface area contributed by atoms with Crippen molar-refractivity contribution in [1.82, 2.24) is 0 Å². The maximum absolute atomic E-state index is 9.46. The van der Waals surface area contributed by atoms with Crippen LogP contribution < -0.4 is 5.73 Å². The first kappa shape index (κ1) is 8.93. The summed E-state index contributed by atoms with van der Waals surface area (Å²) in [5.74, 6) is 0. The minimum absolute atomic E-state index is 0.276. The summed E-state index contributed by atoms with van der Waals surface area (Å²) < 4.78 is 4.96. The van der Waals surface area contributed by atoms with E-state index in [9.17, 15) is 5.11 Å². The first-order chi connectivity index (χ1) is 4.93. The van der Waals surface area contributed by atoms with Gasteiger partial charge in [-0.1, -0.05) is 0 Å². The SMILES string of the molecule is C[C@@H]1O[C@H](O)C[C@](C)(N)[C@H]1O. The lowest BCUT2D eigenvalue weighted by molar-refractivity contribution is -0.215. The zero-order chi connectivity index (χ0) is 8.65. The Bertz CT molecular complexity index is 149. The lowest BCUT2D eigenvalue weighted by atomic mass is 9.86. The summed E-state index contributed by atoms with van der Waals surface area (Å²) >= 11 is 0. The third-order valence-electron chi connectivity index (χ3n) is 2.11. The van der Waals surface area contributed by atoms with Crippen LogP contribution in [0, 0.1) is 0 Å². The second-order valence-electron chi connectivity index (χ2n) is 3.45. The van der Waals surface area contributed by atoms with Crippen molar-refractivity contribution in [2.75, 3.05) is 0 Å². The van der Waals surface area contributed by atoms with Crippen molar-refractivity contribution in [3.8, 4) is 0 Å². The third-order valence-corrected chi connectivity index (χ3v) is 2.11. The number of ether oxygens (including phenoxy) is 1. The summed E-state index contributed by atoms with van der Waals surface area (Å²) in [7, 11) is 0. The Balaban J connectivity index is 2.67. The molecule has 0 bridgehead atoms. The van der Waals surface area contributed by atoms with E-state index in [0.717, 1.165) is 0 Å². The van der Waals surface area contributed by atoms with Gasteiger partial charge >= 0.3 is 0 Å². The van der Waals surface area contributed by atoms with E-state index in [1.165, 1.54) is 0 Å². The molecule has 1 saturated heterocycles. The van der Waals surface area contributed by atoms with Gasteiger partial charge in [-0.25, -0.2) is 0 Å². The summed E-state index contributed by atoms with van der Waals surface area (Å²) in [5.41, 5.74) is 4.97. The Morgan fingerprint density at radius 3 is 2.55 bits per heavy atom. The monoisotopic (exact) mass is 161 g/mol. The third kappa shape index (κ3) is 1.70. The lowest BCUT2D eigenvalue weighted by Crippen LogP contribution is -2.59. The number of rotatable bonds is 0. The normalized spacial score (nSPS) is 52.6. The van der Waals surface area contributed by atoms with E-state index in [-0.39, 0.29) is 6.42 Å². The fourth-order valence-corrected chi connectivity index (χ4v) is 1.40. The molecule has 0 saturated carbocycles. The molecular weight excluding hydrogens is 146 g/mol. The van der Waals surface area contributed by atoms with E-state index in [2.05, 4.69) is 0 Å². The first-order valence-corrected chi connectivity index (χ1v) is 3.74. The van der Waals surface area contributed by atoms with Crippen LogP contribution in [0.4, 0.5) is 0 Å². The number of aliphatic hydroxyl groups excluding tert-OH is 2. The number of nitrogens with two attached hydrogens (primary N) is 1. The summed E-state index contributed by atoms with van der Waals surface area (Å²) in [4.78, 5) is 0. The molecule has 1 heterocycles. The predicted molar refractivity (Wildman–Crippen MR) is 39.8 cm³/mol. The van der Waals surface area contributed by atoms with E-state index < -0.39 is 24.0 Å². The van der Waals surface area contributed by atoms with E-state index in [1.54, 1.807) is 13.8 Å². The maximum Gasteiger partial charge on any atom is 0.156 e. The molecule has 4 atom stereocenters. The van der Waals surface area contributed by atoms with Crippen molar-refractivity contribution in [3.05, 3.63) is 0 Å². The van der Waals surface area contributed by atoms with Crippen LogP contribution in [-0.2, 0) is 4.74 Å². The molecule has 4 N–H and O–H groups in total. The van der Waals surface area contributed by atoms with Crippen LogP contribution in [0.25, 0.3) is 0 Å². The molecule has 0 unspecified atom stereocenters. The van der Waals surface area contributed by atoms with Crippen molar-refractivity contribution in [1.29, 1.82) is 0 Å². The zero-order valence-electron chi connectivity index (χ0n) is 6.82. The van der Waals surface area contributed by atoms with Gasteiger partial charge in [-0.05, 0) is 13.8 Å². The summed E-state index contributed by atoms with van der Waals surface area (Å²) in [6.07, 6.45) is -1.67. The Morgan fingerprint density at radius 1 is 1.55 bits per heavy atom. The second kappa shape index (κ2) is 2.71. The molecule has 1 aliphatic heterocycles. The average Bonchev–Trinajstić information content (AvgIpc) is 1.81. The van der Waals surface area contributed by atoms with Crippen LogP contribution in [0.3, 0.4) is 0 Å². The Morgan fingerprint density at radius 2 is 2.09 bits per heavy atom. The molecule has 0 spiro atoms. The molecule has 1 fully saturated rings. The molecule has 11 heavy (non-hydrogen) atoms. The minimum Gasteiger partial charge on any atom is -0.389 e. The van der Waals surface area contributed by atoms with Gasteiger partial charge in [-0.3, -0.25) is 0 Å². The second-order valence-corrected chi connectivity index (χ2v) is 3.45. The highest BCUT2D eigenvalue weighted by molar-refractivity contribution is 4.94. The van der Waals surface area contributed by atoms with Gasteiger partial charge in [0.05, 0.1) is 12.2 Å². The molecule has 0 aromatic carbocycles. The van der Waals surface area contributed by atoms with Crippen LogP contribution in [0.1, 0.15) is 20.3 Å². The van der Waals surface area contributed by atoms with E-state index in [0.29, 0.717) is 0 Å². The Kier molecular flexibility index (Phi) is 2.20. The number of hydrogen-bond donors (Lipinski definition) is 3. The van der Waals surface area contributed by atoms with Gasteiger partial charge in [0, 0.05) is 12.0 Å². The van der Waals surface area contributed by atoms with Crippen LogP contribution in [0.2, 0.25) is 0 Å². The van der Waals surface area contributed by atoms with Gasteiger partial charge in [0.25, 0.3) is 0 Å². The molecule has 0 aromatic heterocycles. The highest BCUT2D eigenvalue weighted by Crippen LogP contribution is 2.25. The van der Waals surface area contributed by atoms with Gasteiger partial charge in [0.2, 0.25) is 0 Å². The minimum atomic E-state index is -0.844. The zero-order valence-corrected chi connectivity index (χ0v) is 6.82. The Labute approximate surface area is 66.0 Å². The molecule has 0 aliphatic carbocycles. The molecule has 4 heteroatoms. The van der Waals surface area contributed by atoms with Gasteiger partial charge in [0.1, 0.15) is 0 Å². The van der Waals surface area contributed by atoms with Gasteiger partial charge in [-0.15, -0.1) is 0 Å². The van der Waals surface area contributed by atoms with Crippen molar-refractivity contribution in [2.45, 2.75) is 44.3 Å². The van der Waals surface area contributed by atoms with Gasteiger partial charge < -0.3 is 20.7 Å². The number of aliphatic hydroxyl groups is 2. The molecular formula is C7H15NO3. The van der Waals surface area contributed by atoms with Crippen LogP contribution in [0.15, 0.2) is 0 Å². The quantitative estimate of drug-likeness (QED) is 0.434. The van der Waals surface area contributed by atoms with Crippen molar-refractivity contribution in [2.24, 2.45) is 5.73 Å². The fourth-order valence-electron chi connectivity index (χ4n) is 1.40. The van der Waals surface area contributed by atoms with E-state index in [4.69, 9.17) is 15.6 Å². The maximum atomic E-state index is 9.46. The molecule has 66 valence electrons. The summed E-state index contributed by atoms with van der Waals surface area (Å²) in [5, 5.41) is 18.6. The lowest BCUT2D eigenvalue weighted by Gasteiger charge is -2.41. The molecule has 1 aliphatic rings. The largest absolute Gasteiger partial charge is 0.389 e. The van der Waals surface area contributed by atoms with E-state index >= 15 is 0 Å². The molecule has 0 radical (unpaired) electrons. The van der Waals surface area contributed by atoms with Crippen LogP contribution >= 0.6 is 0 Å². The van der Waals surface area contributed by atoms with Crippen LogP contribution in [0.5, 0.6) is 0 Å². The fraction of sp³-hybridized carbons (Fsp3) is 1.00. The smallest absolute Gasteiger partial charge is 0.156 e. The average molecular weight is 161 g/mol. The van der Waals surface area contributed by atoms with Crippen molar-refractivity contribution >= 4 is 0 Å². The number of hydrogen-bond acceptors (Lipinski definition) is 4. The Hall–Kier alpha value is -0.160. The van der Waals surface area contributed by atoms with Crippen molar-refractivity contribution < 1.29 is 14.9 Å². The van der Waals surface area contributed by atoms with Gasteiger partial charge in [0.15, 0.2) is 6.29 Å². The highest BCUT2D eigenvalue weighted by atomic mass is 16.6. The van der Waals surface area contributed by atoms with Crippen LogP contribution in [-0.4, -0.2) is 34.2 Å².